The molecule has 0 bridgehead atoms. The average Bonchev–Trinajstić information content (AvgIpc) is 3.06. The van der Waals surface area contributed by atoms with Crippen LogP contribution in [0.25, 0.3) is 0 Å². The van der Waals surface area contributed by atoms with E-state index in [9.17, 15) is 9.59 Å². The number of piperidine rings is 1. The molecule has 1 atom stereocenters. The Morgan fingerprint density at radius 1 is 1.41 bits per heavy atom. The zero-order valence-corrected chi connectivity index (χ0v) is 13.6. The molecular formula is C16H24N2O3S. The van der Waals surface area contributed by atoms with Crippen molar-refractivity contribution < 1.29 is 14.7 Å². The minimum absolute atomic E-state index is 0.0789. The molecule has 2 heterocycles. The van der Waals surface area contributed by atoms with Gasteiger partial charge < -0.3 is 15.3 Å². The maximum atomic E-state index is 12.3. The molecule has 1 fully saturated rings. The van der Waals surface area contributed by atoms with Gasteiger partial charge in [0, 0.05) is 43.1 Å². The fraction of sp³-hybridized carbons (Fsp3) is 0.625. The van der Waals surface area contributed by atoms with Crippen LogP contribution in [-0.2, 0) is 4.79 Å². The first-order valence-corrected chi connectivity index (χ1v) is 8.87. The van der Waals surface area contributed by atoms with Crippen molar-refractivity contribution in [3.05, 3.63) is 22.4 Å². The van der Waals surface area contributed by atoms with E-state index in [1.165, 1.54) is 11.3 Å². The number of hydrogen-bond acceptors (Lipinski definition) is 4. The third-order valence-corrected chi connectivity index (χ3v) is 4.73. The number of rotatable bonds is 7. The van der Waals surface area contributed by atoms with Gasteiger partial charge in [0.15, 0.2) is 0 Å². The van der Waals surface area contributed by atoms with Gasteiger partial charge in [-0.25, -0.2) is 0 Å². The second-order valence-corrected chi connectivity index (χ2v) is 6.40. The van der Waals surface area contributed by atoms with E-state index in [1.54, 1.807) is 6.07 Å². The topological polar surface area (TPSA) is 69.6 Å². The molecule has 1 unspecified atom stereocenters. The number of carbonyl (C=O) groups excluding carboxylic acids is 2. The molecule has 1 aliphatic heterocycles. The van der Waals surface area contributed by atoms with Crippen molar-refractivity contribution in [1.29, 1.82) is 0 Å². The number of nitrogens with one attached hydrogen (secondary N) is 1. The Hall–Kier alpha value is -1.40. The maximum absolute atomic E-state index is 12.3. The van der Waals surface area contributed by atoms with Crippen LogP contribution in [0.3, 0.4) is 0 Å². The van der Waals surface area contributed by atoms with Crippen molar-refractivity contribution in [2.75, 3.05) is 19.7 Å². The molecule has 22 heavy (non-hydrogen) atoms. The van der Waals surface area contributed by atoms with Gasteiger partial charge >= 0.3 is 0 Å². The van der Waals surface area contributed by atoms with Crippen molar-refractivity contribution in [1.82, 2.24) is 10.2 Å². The van der Waals surface area contributed by atoms with Crippen LogP contribution < -0.4 is 5.32 Å². The van der Waals surface area contributed by atoms with Crippen molar-refractivity contribution in [3.63, 3.8) is 0 Å². The molecule has 0 aromatic carbocycles. The molecule has 1 saturated heterocycles. The number of amides is 2. The van der Waals surface area contributed by atoms with Gasteiger partial charge in [0.05, 0.1) is 0 Å². The molecule has 2 amide bonds. The Balaban J connectivity index is 1.69. The molecule has 2 N–H and O–H groups in total. The molecule has 2 rings (SSSR count). The number of nitrogens with zero attached hydrogens (tertiary/aromatic N) is 1. The first-order chi connectivity index (χ1) is 10.7. The predicted molar refractivity (Wildman–Crippen MR) is 86.9 cm³/mol. The third-order valence-electron chi connectivity index (χ3n) is 4.05. The van der Waals surface area contributed by atoms with Crippen LogP contribution in [-0.4, -0.2) is 47.6 Å². The van der Waals surface area contributed by atoms with Gasteiger partial charge in [0.1, 0.15) is 0 Å². The molecule has 6 heteroatoms. The number of aliphatic hydroxyl groups is 1. The maximum Gasteiger partial charge on any atom is 0.252 e. The molecular weight excluding hydrogens is 300 g/mol. The van der Waals surface area contributed by atoms with E-state index < -0.39 is 0 Å². The van der Waals surface area contributed by atoms with Gasteiger partial charge in [-0.15, -0.1) is 0 Å². The van der Waals surface area contributed by atoms with Crippen LogP contribution in [0, 0.1) is 0 Å². The summed E-state index contributed by atoms with van der Waals surface area (Å²) in [5, 5.41) is 15.6. The summed E-state index contributed by atoms with van der Waals surface area (Å²) < 4.78 is 0. The van der Waals surface area contributed by atoms with E-state index in [4.69, 9.17) is 5.11 Å². The van der Waals surface area contributed by atoms with Gasteiger partial charge in [-0.3, -0.25) is 9.59 Å². The summed E-state index contributed by atoms with van der Waals surface area (Å²) in [5.74, 6) is 0.0627. The summed E-state index contributed by atoms with van der Waals surface area (Å²) in [5.41, 5.74) is 0.676. The molecule has 1 aromatic heterocycles. The van der Waals surface area contributed by atoms with Crippen LogP contribution in [0.15, 0.2) is 16.8 Å². The Morgan fingerprint density at radius 3 is 3.00 bits per heavy atom. The van der Waals surface area contributed by atoms with Gasteiger partial charge in [0.2, 0.25) is 5.91 Å². The van der Waals surface area contributed by atoms with Crippen molar-refractivity contribution in [2.45, 2.75) is 44.6 Å². The van der Waals surface area contributed by atoms with Crippen molar-refractivity contribution in [2.24, 2.45) is 0 Å². The Morgan fingerprint density at radius 2 is 2.27 bits per heavy atom. The smallest absolute Gasteiger partial charge is 0.252 e. The van der Waals surface area contributed by atoms with E-state index in [-0.39, 0.29) is 24.5 Å². The second-order valence-electron chi connectivity index (χ2n) is 5.62. The average molecular weight is 324 g/mol. The monoisotopic (exact) mass is 324 g/mol. The van der Waals surface area contributed by atoms with Gasteiger partial charge in [-0.2, -0.15) is 11.3 Å². The van der Waals surface area contributed by atoms with Crippen LogP contribution in [0.2, 0.25) is 0 Å². The quantitative estimate of drug-likeness (QED) is 0.754. The second kappa shape index (κ2) is 8.90. The molecule has 122 valence electrons. The molecule has 0 radical (unpaired) electrons. The highest BCUT2D eigenvalue weighted by Gasteiger charge is 2.25. The number of hydrogen-bond donors (Lipinski definition) is 2. The third kappa shape index (κ3) is 4.81. The summed E-state index contributed by atoms with van der Waals surface area (Å²) in [4.78, 5) is 26.0. The van der Waals surface area contributed by atoms with Crippen molar-refractivity contribution >= 4 is 23.2 Å². The molecule has 1 aliphatic rings. The largest absolute Gasteiger partial charge is 0.396 e. The number of carbonyl (C=O) groups is 2. The first kappa shape index (κ1) is 17.0. The van der Waals surface area contributed by atoms with Gasteiger partial charge in [-0.05, 0) is 43.6 Å². The molecule has 0 aliphatic carbocycles. The highest BCUT2D eigenvalue weighted by molar-refractivity contribution is 7.08. The van der Waals surface area contributed by atoms with Crippen LogP contribution in [0.5, 0.6) is 0 Å². The lowest BCUT2D eigenvalue weighted by molar-refractivity contribution is -0.135. The van der Waals surface area contributed by atoms with Crippen LogP contribution >= 0.6 is 11.3 Å². The molecule has 1 aromatic rings. The Kier molecular flexibility index (Phi) is 6.86. The highest BCUT2D eigenvalue weighted by Crippen LogP contribution is 2.20. The van der Waals surface area contributed by atoms with E-state index >= 15 is 0 Å². The normalized spacial score (nSPS) is 18.2. The molecule has 0 spiro atoms. The lowest BCUT2D eigenvalue weighted by atomic mass is 9.99. The fourth-order valence-corrected chi connectivity index (χ4v) is 3.49. The first-order valence-electron chi connectivity index (χ1n) is 7.93. The fourth-order valence-electron chi connectivity index (χ4n) is 2.86. The number of aliphatic hydroxyl groups excluding tert-OH is 1. The van der Waals surface area contributed by atoms with Crippen LogP contribution in [0.1, 0.15) is 48.9 Å². The Labute approximate surface area is 135 Å². The number of thiophene rings is 1. The highest BCUT2D eigenvalue weighted by atomic mass is 32.1. The van der Waals surface area contributed by atoms with E-state index in [0.29, 0.717) is 31.4 Å². The summed E-state index contributed by atoms with van der Waals surface area (Å²) in [7, 11) is 0. The Bertz CT molecular complexity index is 474. The van der Waals surface area contributed by atoms with E-state index in [2.05, 4.69) is 5.32 Å². The molecule has 0 saturated carbocycles. The van der Waals surface area contributed by atoms with E-state index in [0.717, 1.165) is 25.8 Å². The van der Waals surface area contributed by atoms with Crippen molar-refractivity contribution in [3.8, 4) is 0 Å². The lowest BCUT2D eigenvalue weighted by Crippen LogP contribution is -2.44. The summed E-state index contributed by atoms with van der Waals surface area (Å²) in [6.07, 6.45) is 4.93. The number of likely N-dealkylation sites (tertiary alicyclic amines) is 1. The van der Waals surface area contributed by atoms with Gasteiger partial charge in [0.25, 0.3) is 5.91 Å². The van der Waals surface area contributed by atoms with Crippen LogP contribution in [0.4, 0.5) is 0 Å². The van der Waals surface area contributed by atoms with Gasteiger partial charge in [-0.1, -0.05) is 0 Å². The minimum Gasteiger partial charge on any atom is -0.396 e. The lowest BCUT2D eigenvalue weighted by Gasteiger charge is -2.35. The molecule has 5 nitrogen and oxygen atoms in total. The summed E-state index contributed by atoms with van der Waals surface area (Å²) >= 11 is 1.49. The zero-order valence-electron chi connectivity index (χ0n) is 12.8. The summed E-state index contributed by atoms with van der Waals surface area (Å²) in [6.45, 7) is 1.44. The predicted octanol–water partition coefficient (Wildman–Crippen LogP) is 2.02. The minimum atomic E-state index is -0.0789. The SMILES string of the molecule is O=C(NCCCC(=O)N1CCCCC1CCO)c1ccsc1. The van der Waals surface area contributed by atoms with E-state index in [1.807, 2.05) is 15.7 Å². The summed E-state index contributed by atoms with van der Waals surface area (Å²) in [6, 6.07) is 1.98. The standard InChI is InChI=1S/C16H24N2O3S/c19-10-6-14-4-1-2-9-18(14)15(20)5-3-8-17-16(21)13-7-11-22-12-13/h7,11-12,14,19H,1-6,8-10H2,(H,17,21). The zero-order chi connectivity index (χ0) is 15.8.